The Morgan fingerprint density at radius 3 is 1.50 bits per heavy atom. The summed E-state index contributed by atoms with van der Waals surface area (Å²) in [6.07, 6.45) is 2.70. The number of aryl methyl sites for hydroxylation is 1. The van der Waals surface area contributed by atoms with Gasteiger partial charge in [0.2, 0.25) is 0 Å². The van der Waals surface area contributed by atoms with Crippen molar-refractivity contribution in [3.63, 3.8) is 0 Å². The number of hydrogen-bond donors (Lipinski definition) is 2. The molecule has 0 saturated carbocycles. The van der Waals surface area contributed by atoms with Crippen LogP contribution in [0.5, 0.6) is 0 Å². The highest BCUT2D eigenvalue weighted by molar-refractivity contribution is 5.94. The van der Waals surface area contributed by atoms with Crippen molar-refractivity contribution in [1.29, 1.82) is 0 Å². The van der Waals surface area contributed by atoms with Gasteiger partial charge in [-0.05, 0) is 52.9 Å². The number of carbonyl (C=O) groups is 2. The average molecular weight is 399 g/mol. The lowest BCUT2D eigenvalue weighted by atomic mass is 10.1. The zero-order valence-corrected chi connectivity index (χ0v) is 17.2. The van der Waals surface area contributed by atoms with Crippen LogP contribution in [0, 0.1) is 0 Å². The van der Waals surface area contributed by atoms with Gasteiger partial charge in [0, 0.05) is 24.2 Å². The van der Waals surface area contributed by atoms with Gasteiger partial charge in [-0.25, -0.2) is 0 Å². The van der Waals surface area contributed by atoms with E-state index in [1.54, 1.807) is 18.2 Å². The molecule has 2 amide bonds. The summed E-state index contributed by atoms with van der Waals surface area (Å²) in [6.45, 7) is 6.70. The molecule has 3 aromatic carbocycles. The van der Waals surface area contributed by atoms with Crippen molar-refractivity contribution < 1.29 is 9.59 Å². The van der Waals surface area contributed by atoms with Crippen LogP contribution in [-0.2, 0) is 19.5 Å². The molecule has 0 atom stereocenters. The van der Waals surface area contributed by atoms with E-state index in [2.05, 4.69) is 24.1 Å². The van der Waals surface area contributed by atoms with Gasteiger partial charge in [0.15, 0.2) is 0 Å². The van der Waals surface area contributed by atoms with E-state index in [-0.39, 0.29) is 11.8 Å². The van der Waals surface area contributed by atoms with Crippen LogP contribution >= 0.6 is 0 Å². The topological polar surface area (TPSA) is 58.2 Å². The SMILES string of the molecule is C=Cc1ccc(C(=O)NCc2ccc(CNC(=O)c3ccc(CC)cc3)cc2)cc1. The maximum atomic E-state index is 12.3. The fraction of sp³-hybridized carbons (Fsp3) is 0.154. The first-order chi connectivity index (χ1) is 14.6. The molecule has 0 aliphatic carbocycles. The number of carbonyl (C=O) groups excluding carboxylic acids is 2. The molecule has 0 fully saturated rings. The molecular formula is C26H26N2O2. The molecule has 0 unspecified atom stereocenters. The number of rotatable bonds is 8. The van der Waals surface area contributed by atoms with E-state index in [1.807, 2.05) is 60.7 Å². The van der Waals surface area contributed by atoms with Gasteiger partial charge in [-0.1, -0.05) is 68.1 Å². The molecule has 0 spiro atoms. The lowest BCUT2D eigenvalue weighted by molar-refractivity contribution is 0.0942. The number of nitrogens with one attached hydrogen (secondary N) is 2. The van der Waals surface area contributed by atoms with Gasteiger partial charge >= 0.3 is 0 Å². The first-order valence-corrected chi connectivity index (χ1v) is 10.0. The Hall–Kier alpha value is -3.66. The molecule has 0 radical (unpaired) electrons. The second-order valence-corrected chi connectivity index (χ2v) is 7.06. The molecule has 0 saturated heterocycles. The largest absolute Gasteiger partial charge is 0.348 e. The minimum Gasteiger partial charge on any atom is -0.348 e. The van der Waals surface area contributed by atoms with Crippen molar-refractivity contribution in [3.05, 3.63) is 113 Å². The smallest absolute Gasteiger partial charge is 0.251 e. The average Bonchev–Trinajstić information content (AvgIpc) is 2.81. The second-order valence-electron chi connectivity index (χ2n) is 7.06. The number of amides is 2. The van der Waals surface area contributed by atoms with Crippen LogP contribution in [0.1, 0.15) is 49.9 Å². The third-order valence-corrected chi connectivity index (χ3v) is 4.96. The van der Waals surface area contributed by atoms with Gasteiger partial charge in [0.25, 0.3) is 11.8 Å². The van der Waals surface area contributed by atoms with E-state index in [9.17, 15) is 9.59 Å². The standard InChI is InChI=1S/C26H26N2O2/c1-3-19-9-13-23(14-10-19)25(29)27-17-21-5-7-22(8-6-21)18-28-26(30)24-15-11-20(4-2)12-16-24/h3,5-16H,1,4,17-18H2,2H3,(H,27,29)(H,28,30). The molecule has 30 heavy (non-hydrogen) atoms. The van der Waals surface area contributed by atoms with Crippen LogP contribution in [0.4, 0.5) is 0 Å². The van der Waals surface area contributed by atoms with Crippen LogP contribution in [0.15, 0.2) is 79.4 Å². The fourth-order valence-electron chi connectivity index (χ4n) is 3.01. The Labute approximate surface area is 177 Å². The summed E-state index contributed by atoms with van der Waals surface area (Å²) in [5, 5.41) is 5.86. The minimum absolute atomic E-state index is 0.0866. The Morgan fingerprint density at radius 2 is 1.10 bits per heavy atom. The predicted octanol–water partition coefficient (Wildman–Crippen LogP) is 4.75. The quantitative estimate of drug-likeness (QED) is 0.575. The van der Waals surface area contributed by atoms with Gasteiger partial charge in [0.1, 0.15) is 0 Å². The zero-order chi connectivity index (χ0) is 21.3. The Kier molecular flexibility index (Phi) is 7.17. The van der Waals surface area contributed by atoms with E-state index < -0.39 is 0 Å². The number of hydrogen-bond acceptors (Lipinski definition) is 2. The molecule has 4 heteroatoms. The molecule has 152 valence electrons. The van der Waals surface area contributed by atoms with E-state index in [1.165, 1.54) is 5.56 Å². The van der Waals surface area contributed by atoms with Gasteiger partial charge < -0.3 is 10.6 Å². The van der Waals surface area contributed by atoms with Gasteiger partial charge in [-0.3, -0.25) is 9.59 Å². The highest BCUT2D eigenvalue weighted by Crippen LogP contribution is 2.09. The highest BCUT2D eigenvalue weighted by atomic mass is 16.2. The van der Waals surface area contributed by atoms with E-state index >= 15 is 0 Å². The summed E-state index contributed by atoms with van der Waals surface area (Å²) < 4.78 is 0. The molecule has 0 aliphatic rings. The van der Waals surface area contributed by atoms with E-state index in [4.69, 9.17) is 0 Å². The Bertz CT molecular complexity index is 1000. The maximum Gasteiger partial charge on any atom is 0.251 e. The summed E-state index contributed by atoms with van der Waals surface area (Å²) in [6, 6.07) is 22.8. The van der Waals surface area contributed by atoms with Crippen LogP contribution in [-0.4, -0.2) is 11.8 Å². The molecule has 0 aromatic heterocycles. The van der Waals surface area contributed by atoms with E-state index in [0.717, 1.165) is 23.1 Å². The predicted molar refractivity (Wildman–Crippen MR) is 121 cm³/mol. The van der Waals surface area contributed by atoms with Gasteiger partial charge in [-0.2, -0.15) is 0 Å². The molecule has 3 aromatic rings. The van der Waals surface area contributed by atoms with Gasteiger partial charge in [0.05, 0.1) is 0 Å². The van der Waals surface area contributed by atoms with Crippen LogP contribution < -0.4 is 10.6 Å². The summed E-state index contributed by atoms with van der Waals surface area (Å²) in [5.74, 6) is -0.201. The van der Waals surface area contributed by atoms with Gasteiger partial charge in [-0.15, -0.1) is 0 Å². The Morgan fingerprint density at radius 1 is 0.700 bits per heavy atom. The van der Waals surface area contributed by atoms with Crippen molar-refractivity contribution in [1.82, 2.24) is 10.6 Å². The van der Waals surface area contributed by atoms with E-state index in [0.29, 0.717) is 24.2 Å². The molecule has 4 nitrogen and oxygen atoms in total. The van der Waals surface area contributed by atoms with Crippen molar-refractivity contribution in [2.45, 2.75) is 26.4 Å². The van der Waals surface area contributed by atoms with Crippen LogP contribution in [0.3, 0.4) is 0 Å². The first kappa shape index (κ1) is 21.1. The highest BCUT2D eigenvalue weighted by Gasteiger charge is 2.07. The summed E-state index contributed by atoms with van der Waals surface area (Å²) in [4.78, 5) is 24.5. The van der Waals surface area contributed by atoms with Crippen LogP contribution in [0.25, 0.3) is 6.08 Å². The lowest BCUT2D eigenvalue weighted by Crippen LogP contribution is -2.23. The normalized spacial score (nSPS) is 10.3. The molecule has 0 aliphatic heterocycles. The lowest BCUT2D eigenvalue weighted by Gasteiger charge is -2.08. The monoisotopic (exact) mass is 398 g/mol. The maximum absolute atomic E-state index is 12.3. The third-order valence-electron chi connectivity index (χ3n) is 4.96. The molecule has 2 N–H and O–H groups in total. The summed E-state index contributed by atoms with van der Waals surface area (Å²) >= 11 is 0. The van der Waals surface area contributed by atoms with Crippen molar-refractivity contribution in [2.24, 2.45) is 0 Å². The zero-order valence-electron chi connectivity index (χ0n) is 17.2. The number of benzene rings is 3. The molecule has 0 bridgehead atoms. The second kappa shape index (κ2) is 10.2. The third kappa shape index (κ3) is 5.67. The van der Waals surface area contributed by atoms with Crippen molar-refractivity contribution in [2.75, 3.05) is 0 Å². The minimum atomic E-state index is -0.115. The Balaban J connectivity index is 1.48. The van der Waals surface area contributed by atoms with Crippen molar-refractivity contribution in [3.8, 4) is 0 Å². The summed E-state index contributed by atoms with van der Waals surface area (Å²) in [5.41, 5.74) is 5.47. The summed E-state index contributed by atoms with van der Waals surface area (Å²) in [7, 11) is 0. The fourth-order valence-corrected chi connectivity index (χ4v) is 3.01. The van der Waals surface area contributed by atoms with Crippen LogP contribution in [0.2, 0.25) is 0 Å². The molecular weight excluding hydrogens is 372 g/mol. The van der Waals surface area contributed by atoms with Crippen molar-refractivity contribution >= 4 is 17.9 Å². The molecule has 0 heterocycles. The molecule has 3 rings (SSSR count). The first-order valence-electron chi connectivity index (χ1n) is 10.0.